The summed E-state index contributed by atoms with van der Waals surface area (Å²) in [5, 5.41) is 3.15. The van der Waals surface area contributed by atoms with Crippen molar-refractivity contribution in [1.29, 1.82) is 0 Å². The van der Waals surface area contributed by atoms with E-state index in [2.05, 4.69) is 10.0 Å². The number of hydrogen-bond donors (Lipinski definition) is 2. The van der Waals surface area contributed by atoms with Crippen molar-refractivity contribution in [3.63, 3.8) is 0 Å². The van der Waals surface area contributed by atoms with Gasteiger partial charge in [-0.25, -0.2) is 17.5 Å². The third-order valence-corrected chi connectivity index (χ3v) is 4.15. The Kier molecular flexibility index (Phi) is 4.11. The Morgan fingerprint density at radius 1 is 1.39 bits per heavy atom. The summed E-state index contributed by atoms with van der Waals surface area (Å²) in [6.45, 7) is 1.89. The SMILES string of the molecule is O=S(=O)(NCC1=CCNCC1)c1cccc(F)c1. The standard InChI is InChI=1S/C12H15FN2O2S/c13-11-2-1-3-12(8-11)18(16,17)15-9-10-4-6-14-7-5-10/h1-4,8,14-15H,5-7,9H2. The fourth-order valence-corrected chi connectivity index (χ4v) is 2.80. The number of sulfonamides is 1. The van der Waals surface area contributed by atoms with Gasteiger partial charge in [-0.05, 0) is 31.2 Å². The first-order valence-electron chi connectivity index (χ1n) is 5.72. The average molecular weight is 270 g/mol. The van der Waals surface area contributed by atoms with Crippen LogP contribution in [0.3, 0.4) is 0 Å². The molecular weight excluding hydrogens is 255 g/mol. The minimum Gasteiger partial charge on any atom is -0.313 e. The highest BCUT2D eigenvalue weighted by Crippen LogP contribution is 2.11. The summed E-state index contributed by atoms with van der Waals surface area (Å²) >= 11 is 0. The Bertz CT molecular complexity index is 555. The maximum absolute atomic E-state index is 13.0. The van der Waals surface area contributed by atoms with E-state index in [-0.39, 0.29) is 11.4 Å². The lowest BCUT2D eigenvalue weighted by atomic mass is 10.1. The molecule has 0 amide bonds. The highest BCUT2D eigenvalue weighted by molar-refractivity contribution is 7.89. The average Bonchev–Trinajstić information content (AvgIpc) is 2.38. The highest BCUT2D eigenvalue weighted by Gasteiger charge is 2.15. The van der Waals surface area contributed by atoms with Crippen molar-refractivity contribution < 1.29 is 12.8 Å². The molecule has 6 heteroatoms. The second kappa shape index (κ2) is 5.60. The molecule has 18 heavy (non-hydrogen) atoms. The number of hydrogen-bond acceptors (Lipinski definition) is 3. The molecule has 1 aliphatic rings. The summed E-state index contributed by atoms with van der Waals surface area (Å²) in [6, 6.07) is 4.99. The smallest absolute Gasteiger partial charge is 0.240 e. The van der Waals surface area contributed by atoms with Crippen molar-refractivity contribution in [2.24, 2.45) is 0 Å². The summed E-state index contributed by atoms with van der Waals surface area (Å²) < 4.78 is 39.3. The summed E-state index contributed by atoms with van der Waals surface area (Å²) in [7, 11) is -3.63. The van der Waals surface area contributed by atoms with Crippen molar-refractivity contribution in [1.82, 2.24) is 10.0 Å². The molecule has 2 N–H and O–H groups in total. The van der Waals surface area contributed by atoms with Crippen LogP contribution in [-0.4, -0.2) is 28.1 Å². The van der Waals surface area contributed by atoms with Crippen molar-refractivity contribution >= 4 is 10.0 Å². The first-order chi connectivity index (χ1) is 8.58. The van der Waals surface area contributed by atoms with Gasteiger partial charge in [-0.1, -0.05) is 17.7 Å². The van der Waals surface area contributed by atoms with Gasteiger partial charge >= 0.3 is 0 Å². The predicted molar refractivity (Wildman–Crippen MR) is 67.2 cm³/mol. The molecule has 1 heterocycles. The van der Waals surface area contributed by atoms with Crippen LogP contribution in [0.25, 0.3) is 0 Å². The first kappa shape index (κ1) is 13.2. The third kappa shape index (κ3) is 3.38. The zero-order chi connectivity index (χ0) is 13.0. The fourth-order valence-electron chi connectivity index (χ4n) is 1.74. The van der Waals surface area contributed by atoms with E-state index in [1.807, 2.05) is 6.08 Å². The van der Waals surface area contributed by atoms with Gasteiger partial charge in [0.25, 0.3) is 0 Å². The van der Waals surface area contributed by atoms with Gasteiger partial charge in [0, 0.05) is 13.1 Å². The minimum atomic E-state index is -3.63. The van der Waals surface area contributed by atoms with Crippen LogP contribution in [0.2, 0.25) is 0 Å². The summed E-state index contributed by atoms with van der Waals surface area (Å²) in [5.41, 5.74) is 1.05. The second-order valence-electron chi connectivity index (χ2n) is 4.10. The summed E-state index contributed by atoms with van der Waals surface area (Å²) in [5.74, 6) is -0.557. The van der Waals surface area contributed by atoms with Crippen molar-refractivity contribution in [2.45, 2.75) is 11.3 Å². The van der Waals surface area contributed by atoms with Crippen molar-refractivity contribution in [3.8, 4) is 0 Å². The molecule has 0 aromatic heterocycles. The fraction of sp³-hybridized carbons (Fsp3) is 0.333. The van der Waals surface area contributed by atoms with E-state index in [0.29, 0.717) is 0 Å². The molecule has 0 saturated carbocycles. The Labute approximate surface area is 106 Å². The second-order valence-corrected chi connectivity index (χ2v) is 5.87. The van der Waals surface area contributed by atoms with Crippen LogP contribution in [0.15, 0.2) is 40.8 Å². The number of nitrogens with one attached hydrogen (secondary N) is 2. The molecule has 2 rings (SSSR count). The molecule has 0 spiro atoms. The summed E-state index contributed by atoms with van der Waals surface area (Å²) in [4.78, 5) is -0.0444. The molecule has 1 aromatic carbocycles. The molecule has 4 nitrogen and oxygen atoms in total. The first-order valence-corrected chi connectivity index (χ1v) is 7.20. The summed E-state index contributed by atoms with van der Waals surface area (Å²) in [6.07, 6.45) is 2.79. The van der Waals surface area contributed by atoms with Crippen LogP contribution in [0.4, 0.5) is 4.39 Å². The van der Waals surface area contributed by atoms with E-state index in [4.69, 9.17) is 0 Å². The molecular formula is C12H15FN2O2S. The maximum Gasteiger partial charge on any atom is 0.240 e. The van der Waals surface area contributed by atoms with Crippen LogP contribution in [0.5, 0.6) is 0 Å². The topological polar surface area (TPSA) is 58.2 Å². The van der Waals surface area contributed by atoms with Gasteiger partial charge in [0.1, 0.15) is 5.82 Å². The van der Waals surface area contributed by atoms with Gasteiger partial charge in [0.05, 0.1) is 4.90 Å². The molecule has 1 aliphatic heterocycles. The lowest BCUT2D eigenvalue weighted by Gasteiger charge is -2.14. The van der Waals surface area contributed by atoms with Gasteiger partial charge < -0.3 is 5.32 Å². The predicted octanol–water partition coefficient (Wildman–Crippen LogP) is 1.02. The zero-order valence-corrected chi connectivity index (χ0v) is 10.6. The van der Waals surface area contributed by atoms with Crippen molar-refractivity contribution in [3.05, 3.63) is 41.7 Å². The van der Waals surface area contributed by atoms with E-state index in [9.17, 15) is 12.8 Å². The molecule has 0 unspecified atom stereocenters. The molecule has 0 atom stereocenters. The number of benzene rings is 1. The van der Waals surface area contributed by atoms with Gasteiger partial charge in [-0.15, -0.1) is 0 Å². The lowest BCUT2D eigenvalue weighted by molar-refractivity contribution is 0.578. The maximum atomic E-state index is 13.0. The van der Waals surface area contributed by atoms with E-state index in [0.717, 1.165) is 31.1 Å². The molecule has 0 bridgehead atoms. The van der Waals surface area contributed by atoms with E-state index < -0.39 is 15.8 Å². The quantitative estimate of drug-likeness (QED) is 0.803. The third-order valence-electron chi connectivity index (χ3n) is 2.75. The number of rotatable bonds is 4. The molecule has 98 valence electrons. The van der Waals surface area contributed by atoms with E-state index in [1.165, 1.54) is 18.2 Å². The van der Waals surface area contributed by atoms with E-state index >= 15 is 0 Å². The largest absolute Gasteiger partial charge is 0.313 e. The van der Waals surface area contributed by atoms with Crippen LogP contribution in [0, 0.1) is 5.82 Å². The van der Waals surface area contributed by atoms with Crippen LogP contribution in [-0.2, 0) is 10.0 Å². The van der Waals surface area contributed by atoms with Gasteiger partial charge in [-0.3, -0.25) is 0 Å². The molecule has 0 aliphatic carbocycles. The minimum absolute atomic E-state index is 0.0444. The molecule has 1 aromatic rings. The normalized spacial score (nSPS) is 16.4. The zero-order valence-electron chi connectivity index (χ0n) is 9.82. The van der Waals surface area contributed by atoms with Gasteiger partial charge in [-0.2, -0.15) is 0 Å². The highest BCUT2D eigenvalue weighted by atomic mass is 32.2. The molecule has 0 fully saturated rings. The van der Waals surface area contributed by atoms with Crippen LogP contribution >= 0.6 is 0 Å². The van der Waals surface area contributed by atoms with Gasteiger partial charge in [0.15, 0.2) is 0 Å². The van der Waals surface area contributed by atoms with Crippen LogP contribution < -0.4 is 10.0 Å². The number of halogens is 1. The van der Waals surface area contributed by atoms with E-state index in [1.54, 1.807) is 0 Å². The molecule has 0 saturated heterocycles. The van der Waals surface area contributed by atoms with Crippen LogP contribution in [0.1, 0.15) is 6.42 Å². The Hall–Kier alpha value is -1.24. The monoisotopic (exact) mass is 270 g/mol. The van der Waals surface area contributed by atoms with Crippen molar-refractivity contribution in [2.75, 3.05) is 19.6 Å². The lowest BCUT2D eigenvalue weighted by Crippen LogP contribution is -2.29. The Balaban J connectivity index is 2.05. The van der Waals surface area contributed by atoms with Gasteiger partial charge in [0.2, 0.25) is 10.0 Å². The Morgan fingerprint density at radius 2 is 2.22 bits per heavy atom. The molecule has 0 radical (unpaired) electrons. The Morgan fingerprint density at radius 3 is 2.89 bits per heavy atom.